The Balaban J connectivity index is 1.90. The summed E-state index contributed by atoms with van der Waals surface area (Å²) in [6.07, 6.45) is 5.04. The number of aromatic nitrogens is 4. The van der Waals surface area contributed by atoms with Crippen LogP contribution in [0.25, 0.3) is 5.65 Å². The summed E-state index contributed by atoms with van der Waals surface area (Å²) in [6, 6.07) is 5.51. The van der Waals surface area contributed by atoms with Crippen LogP contribution in [0.2, 0.25) is 0 Å². The third-order valence-corrected chi connectivity index (χ3v) is 2.78. The lowest BCUT2D eigenvalue weighted by Crippen LogP contribution is -1.95. The van der Waals surface area contributed by atoms with Gasteiger partial charge in [0.1, 0.15) is 0 Å². The van der Waals surface area contributed by atoms with E-state index in [1.54, 1.807) is 37.3 Å². The van der Waals surface area contributed by atoms with Gasteiger partial charge in [0, 0.05) is 24.1 Å². The number of nitrogens with zero attached hydrogens (tertiary/aromatic N) is 4. The van der Waals surface area contributed by atoms with E-state index in [2.05, 4.69) is 20.4 Å². The lowest BCUT2D eigenvalue weighted by atomic mass is 10.3. The summed E-state index contributed by atoms with van der Waals surface area (Å²) in [5, 5.41) is 7.40. The van der Waals surface area contributed by atoms with Crippen LogP contribution >= 0.6 is 0 Å². The third-order valence-electron chi connectivity index (χ3n) is 2.78. The Morgan fingerprint density at radius 1 is 1.15 bits per heavy atom. The van der Waals surface area contributed by atoms with Crippen molar-refractivity contribution in [3.8, 4) is 11.5 Å². The van der Waals surface area contributed by atoms with Gasteiger partial charge in [0.05, 0.1) is 20.4 Å². The van der Waals surface area contributed by atoms with Crippen LogP contribution in [-0.4, -0.2) is 33.8 Å². The van der Waals surface area contributed by atoms with E-state index in [9.17, 15) is 0 Å². The topological polar surface area (TPSA) is 73.6 Å². The molecule has 1 N–H and O–H groups in total. The van der Waals surface area contributed by atoms with Gasteiger partial charge in [-0.3, -0.25) is 4.98 Å². The molecule has 0 radical (unpaired) electrons. The van der Waals surface area contributed by atoms with E-state index in [-0.39, 0.29) is 0 Å². The van der Waals surface area contributed by atoms with Gasteiger partial charge in [-0.2, -0.15) is 4.98 Å². The molecular weight excluding hydrogens is 258 g/mol. The lowest BCUT2D eigenvalue weighted by molar-refractivity contribution is 0.355. The van der Waals surface area contributed by atoms with E-state index < -0.39 is 0 Å². The highest BCUT2D eigenvalue weighted by atomic mass is 16.5. The first-order valence-electron chi connectivity index (χ1n) is 5.95. The van der Waals surface area contributed by atoms with E-state index in [0.717, 1.165) is 5.69 Å². The predicted octanol–water partition coefficient (Wildman–Crippen LogP) is 1.89. The number of fused-ring (bicyclic) bond motifs is 1. The minimum atomic E-state index is 0.491. The zero-order chi connectivity index (χ0) is 13.9. The summed E-state index contributed by atoms with van der Waals surface area (Å²) in [5.41, 5.74) is 1.49. The smallest absolute Gasteiger partial charge is 0.247 e. The first-order chi connectivity index (χ1) is 9.80. The maximum absolute atomic E-state index is 5.25. The first kappa shape index (κ1) is 12.2. The van der Waals surface area contributed by atoms with E-state index >= 15 is 0 Å². The molecule has 0 amide bonds. The number of hydrogen-bond donors (Lipinski definition) is 1. The van der Waals surface area contributed by atoms with Gasteiger partial charge in [-0.1, -0.05) is 0 Å². The van der Waals surface area contributed by atoms with Crippen LogP contribution < -0.4 is 14.8 Å². The van der Waals surface area contributed by atoms with Gasteiger partial charge in [-0.15, -0.1) is 5.10 Å². The van der Waals surface area contributed by atoms with Gasteiger partial charge in [0.15, 0.2) is 17.1 Å². The van der Waals surface area contributed by atoms with Crippen molar-refractivity contribution in [2.75, 3.05) is 19.5 Å². The number of rotatable bonds is 4. The molecule has 0 fully saturated rings. The Bertz CT molecular complexity index is 707. The Kier molecular flexibility index (Phi) is 3.08. The van der Waals surface area contributed by atoms with Crippen LogP contribution in [0.1, 0.15) is 0 Å². The van der Waals surface area contributed by atoms with Crippen molar-refractivity contribution in [2.24, 2.45) is 0 Å². The van der Waals surface area contributed by atoms with Crippen LogP contribution in [-0.2, 0) is 0 Å². The number of methoxy groups -OCH3 is 2. The molecule has 0 unspecified atom stereocenters. The van der Waals surface area contributed by atoms with Crippen molar-refractivity contribution < 1.29 is 9.47 Å². The second-order valence-corrected chi connectivity index (χ2v) is 4.01. The van der Waals surface area contributed by atoms with Crippen LogP contribution in [0.4, 0.5) is 11.6 Å². The largest absolute Gasteiger partial charge is 0.493 e. The van der Waals surface area contributed by atoms with Crippen molar-refractivity contribution in [3.05, 3.63) is 36.8 Å². The molecule has 20 heavy (non-hydrogen) atoms. The van der Waals surface area contributed by atoms with E-state index in [4.69, 9.17) is 9.47 Å². The minimum absolute atomic E-state index is 0.491. The molecule has 0 atom stereocenters. The van der Waals surface area contributed by atoms with Crippen LogP contribution in [0.15, 0.2) is 36.8 Å². The molecule has 0 spiro atoms. The summed E-state index contributed by atoms with van der Waals surface area (Å²) in [6.45, 7) is 0. The number of nitrogens with one attached hydrogen (secondary N) is 1. The zero-order valence-corrected chi connectivity index (χ0v) is 11.1. The van der Waals surface area contributed by atoms with Gasteiger partial charge in [0.2, 0.25) is 5.95 Å². The molecule has 0 saturated heterocycles. The van der Waals surface area contributed by atoms with Gasteiger partial charge in [-0.25, -0.2) is 4.52 Å². The fraction of sp³-hybridized carbons (Fsp3) is 0.154. The molecule has 3 aromatic rings. The van der Waals surface area contributed by atoms with Crippen molar-refractivity contribution in [1.29, 1.82) is 0 Å². The highest BCUT2D eigenvalue weighted by Crippen LogP contribution is 2.30. The molecule has 0 aliphatic rings. The highest BCUT2D eigenvalue weighted by Gasteiger charge is 2.07. The molecular formula is C13H13N5O2. The van der Waals surface area contributed by atoms with Gasteiger partial charge < -0.3 is 14.8 Å². The molecule has 0 saturated carbocycles. The molecule has 2 aromatic heterocycles. The molecule has 0 bridgehead atoms. The fourth-order valence-corrected chi connectivity index (χ4v) is 1.84. The van der Waals surface area contributed by atoms with Crippen molar-refractivity contribution in [1.82, 2.24) is 19.6 Å². The zero-order valence-electron chi connectivity index (χ0n) is 11.1. The molecule has 1 aromatic carbocycles. The summed E-state index contributed by atoms with van der Waals surface area (Å²) >= 11 is 0. The maximum atomic E-state index is 5.25. The predicted molar refractivity (Wildman–Crippen MR) is 73.6 cm³/mol. The summed E-state index contributed by atoms with van der Waals surface area (Å²) in [7, 11) is 3.19. The van der Waals surface area contributed by atoms with Crippen molar-refractivity contribution in [3.63, 3.8) is 0 Å². The number of benzene rings is 1. The number of anilines is 2. The lowest BCUT2D eigenvalue weighted by Gasteiger charge is -2.09. The van der Waals surface area contributed by atoms with E-state index in [1.807, 2.05) is 18.2 Å². The van der Waals surface area contributed by atoms with Crippen molar-refractivity contribution >= 4 is 17.3 Å². The van der Waals surface area contributed by atoms with E-state index in [1.165, 1.54) is 0 Å². The van der Waals surface area contributed by atoms with Gasteiger partial charge in [0.25, 0.3) is 0 Å². The van der Waals surface area contributed by atoms with Crippen LogP contribution in [0.5, 0.6) is 11.5 Å². The SMILES string of the molecule is COc1ccc(Nc2nc3cnccn3n2)cc1OC. The summed E-state index contributed by atoms with van der Waals surface area (Å²) in [4.78, 5) is 8.31. The molecule has 102 valence electrons. The fourth-order valence-electron chi connectivity index (χ4n) is 1.84. The van der Waals surface area contributed by atoms with Crippen LogP contribution in [0.3, 0.4) is 0 Å². The second-order valence-electron chi connectivity index (χ2n) is 4.01. The second kappa shape index (κ2) is 5.04. The average molecular weight is 271 g/mol. The summed E-state index contributed by atoms with van der Waals surface area (Å²) in [5.74, 6) is 1.80. The van der Waals surface area contributed by atoms with Crippen LogP contribution in [0, 0.1) is 0 Å². The Labute approximate surface area is 115 Å². The quantitative estimate of drug-likeness (QED) is 0.781. The minimum Gasteiger partial charge on any atom is -0.493 e. The number of hydrogen-bond acceptors (Lipinski definition) is 6. The van der Waals surface area contributed by atoms with Crippen molar-refractivity contribution in [2.45, 2.75) is 0 Å². The van der Waals surface area contributed by atoms with E-state index in [0.29, 0.717) is 23.1 Å². The van der Waals surface area contributed by atoms with Gasteiger partial charge >= 0.3 is 0 Å². The summed E-state index contributed by atoms with van der Waals surface area (Å²) < 4.78 is 12.1. The van der Waals surface area contributed by atoms with Gasteiger partial charge in [-0.05, 0) is 12.1 Å². The molecule has 3 rings (SSSR count). The maximum Gasteiger partial charge on any atom is 0.247 e. The normalized spacial score (nSPS) is 10.5. The third kappa shape index (κ3) is 2.20. The standard InChI is InChI=1S/C13H13N5O2/c1-19-10-4-3-9(7-11(10)20-2)15-13-16-12-8-14-5-6-18(12)17-13/h3-8H,1-2H3,(H,15,17). The molecule has 0 aliphatic carbocycles. The molecule has 7 heteroatoms. The monoisotopic (exact) mass is 271 g/mol. The Hall–Kier alpha value is -2.83. The average Bonchev–Trinajstić information content (AvgIpc) is 2.89. The Morgan fingerprint density at radius 3 is 2.75 bits per heavy atom. The first-order valence-corrected chi connectivity index (χ1v) is 5.95. The molecule has 2 heterocycles. The molecule has 7 nitrogen and oxygen atoms in total. The number of ether oxygens (including phenoxy) is 2. The Morgan fingerprint density at radius 2 is 2.00 bits per heavy atom. The highest BCUT2D eigenvalue weighted by molar-refractivity contribution is 5.60. The molecule has 0 aliphatic heterocycles.